The summed E-state index contributed by atoms with van der Waals surface area (Å²) in [6, 6.07) is 6.74. The van der Waals surface area contributed by atoms with Crippen LogP contribution in [0.4, 0.5) is 4.79 Å². The molecule has 0 amide bonds. The monoisotopic (exact) mass is 332 g/mol. The number of carbonyl (C=O) groups is 1. The average Bonchev–Trinajstić information content (AvgIpc) is 2.70. The topological polar surface area (TPSA) is 61.8 Å². The van der Waals surface area contributed by atoms with Crippen molar-refractivity contribution < 1.29 is 19.0 Å². The van der Waals surface area contributed by atoms with Crippen LogP contribution in [0.15, 0.2) is 29.1 Å². The average molecular weight is 332 g/mol. The van der Waals surface area contributed by atoms with Gasteiger partial charge in [-0.2, -0.15) is 0 Å². The van der Waals surface area contributed by atoms with E-state index in [0.717, 1.165) is 31.2 Å². The molecule has 24 heavy (non-hydrogen) atoms. The molecule has 130 valence electrons. The fourth-order valence-electron chi connectivity index (χ4n) is 3.41. The number of ether oxygens (including phenoxy) is 3. The zero-order chi connectivity index (χ0) is 17.3. The second-order valence-electron chi connectivity index (χ2n) is 7.59. The van der Waals surface area contributed by atoms with Gasteiger partial charge in [-0.1, -0.05) is 12.1 Å². The molecule has 0 aliphatic carbocycles. The van der Waals surface area contributed by atoms with Gasteiger partial charge in [0.25, 0.3) is 0 Å². The van der Waals surface area contributed by atoms with Gasteiger partial charge in [-0.15, -0.1) is 0 Å². The van der Waals surface area contributed by atoms with Crippen LogP contribution in [0.5, 0.6) is 5.75 Å². The second kappa shape index (κ2) is 6.55. The van der Waals surface area contributed by atoms with Gasteiger partial charge in [0.1, 0.15) is 5.60 Å². The molecule has 2 saturated heterocycles. The van der Waals surface area contributed by atoms with Crippen LogP contribution >= 0.6 is 0 Å². The lowest BCUT2D eigenvalue weighted by atomic mass is 9.89. The molecule has 0 N–H and O–H groups in total. The van der Waals surface area contributed by atoms with Gasteiger partial charge < -0.3 is 14.2 Å². The van der Waals surface area contributed by atoms with E-state index in [1.807, 2.05) is 12.1 Å². The maximum atomic E-state index is 12.1. The van der Waals surface area contributed by atoms with Gasteiger partial charge in [0.2, 0.25) is 5.43 Å². The van der Waals surface area contributed by atoms with Gasteiger partial charge in [-0.25, -0.2) is 4.79 Å². The standard InChI is InChI=1S/C19H24O5/c1-19(2,3)24-18(21)23-17-9-5-12(4-8-16(17)20)13-10-14-6-7-15(11-13)22-14/h4-5,8-9,13-15H,6-7,10-11H2,1-3H3. The van der Waals surface area contributed by atoms with Gasteiger partial charge in [0, 0.05) is 0 Å². The lowest BCUT2D eigenvalue weighted by Crippen LogP contribution is -2.26. The Labute approximate surface area is 141 Å². The van der Waals surface area contributed by atoms with Gasteiger partial charge in [-0.3, -0.25) is 4.79 Å². The van der Waals surface area contributed by atoms with E-state index >= 15 is 0 Å². The molecule has 2 bridgehead atoms. The van der Waals surface area contributed by atoms with Crippen molar-refractivity contribution >= 4 is 6.16 Å². The molecule has 3 rings (SSSR count). The van der Waals surface area contributed by atoms with E-state index in [9.17, 15) is 9.59 Å². The van der Waals surface area contributed by atoms with Crippen molar-refractivity contribution in [3.63, 3.8) is 0 Å². The molecule has 1 aromatic rings. The Morgan fingerprint density at radius 1 is 1.08 bits per heavy atom. The molecule has 0 saturated carbocycles. The first-order chi connectivity index (χ1) is 11.3. The van der Waals surface area contributed by atoms with Crippen LogP contribution in [-0.4, -0.2) is 24.0 Å². The van der Waals surface area contributed by atoms with E-state index in [1.54, 1.807) is 26.8 Å². The molecular weight excluding hydrogens is 308 g/mol. The predicted molar refractivity (Wildman–Crippen MR) is 89.4 cm³/mol. The van der Waals surface area contributed by atoms with Crippen molar-refractivity contribution in [3.05, 3.63) is 40.1 Å². The fraction of sp³-hybridized carbons (Fsp3) is 0.579. The molecule has 1 aromatic carbocycles. The smallest absolute Gasteiger partial charge is 0.428 e. The molecule has 2 atom stereocenters. The quantitative estimate of drug-likeness (QED) is 0.771. The van der Waals surface area contributed by atoms with Crippen molar-refractivity contribution in [3.8, 4) is 5.75 Å². The lowest BCUT2D eigenvalue weighted by molar-refractivity contribution is -0.00379. The molecule has 0 aromatic heterocycles. The van der Waals surface area contributed by atoms with Crippen molar-refractivity contribution in [1.29, 1.82) is 0 Å². The third-order valence-corrected chi connectivity index (χ3v) is 4.44. The number of hydrogen-bond acceptors (Lipinski definition) is 5. The highest BCUT2D eigenvalue weighted by Crippen LogP contribution is 2.40. The van der Waals surface area contributed by atoms with E-state index in [2.05, 4.69) is 0 Å². The normalized spacial score (nSPS) is 26.0. The van der Waals surface area contributed by atoms with Gasteiger partial charge in [-0.05, 0) is 70.1 Å². The first kappa shape index (κ1) is 17.0. The number of fused-ring (bicyclic) bond motifs is 2. The molecule has 2 fully saturated rings. The van der Waals surface area contributed by atoms with Crippen molar-refractivity contribution in [2.45, 2.75) is 70.2 Å². The Kier molecular flexibility index (Phi) is 4.63. The summed E-state index contributed by atoms with van der Waals surface area (Å²) in [5, 5.41) is 0. The zero-order valence-corrected chi connectivity index (χ0v) is 14.4. The molecule has 5 heteroatoms. The minimum absolute atomic E-state index is 0.00877. The number of hydrogen-bond donors (Lipinski definition) is 0. The second-order valence-corrected chi connectivity index (χ2v) is 7.59. The Morgan fingerprint density at radius 3 is 2.33 bits per heavy atom. The van der Waals surface area contributed by atoms with Crippen LogP contribution in [0, 0.1) is 0 Å². The summed E-state index contributed by atoms with van der Waals surface area (Å²) in [7, 11) is 0. The molecule has 0 spiro atoms. The van der Waals surface area contributed by atoms with Crippen LogP contribution < -0.4 is 10.2 Å². The first-order valence-corrected chi connectivity index (χ1v) is 8.51. The predicted octanol–water partition coefficient (Wildman–Crippen LogP) is 3.79. The summed E-state index contributed by atoms with van der Waals surface area (Å²) in [6.07, 6.45) is 4.02. The van der Waals surface area contributed by atoms with Gasteiger partial charge in [0.15, 0.2) is 5.75 Å². The van der Waals surface area contributed by atoms with Crippen molar-refractivity contribution in [2.24, 2.45) is 0 Å². The van der Waals surface area contributed by atoms with E-state index in [4.69, 9.17) is 14.2 Å². The molecule has 2 aliphatic rings. The van der Waals surface area contributed by atoms with Crippen molar-refractivity contribution in [1.82, 2.24) is 0 Å². The fourth-order valence-corrected chi connectivity index (χ4v) is 3.41. The SMILES string of the molecule is CC(C)(C)OC(=O)Oc1ccc(C2CC3CCC(C2)O3)ccc1=O. The van der Waals surface area contributed by atoms with E-state index in [0.29, 0.717) is 18.1 Å². The largest absolute Gasteiger partial charge is 0.514 e. The van der Waals surface area contributed by atoms with Crippen LogP contribution in [0.2, 0.25) is 0 Å². The molecule has 5 nitrogen and oxygen atoms in total. The maximum absolute atomic E-state index is 12.1. The van der Waals surface area contributed by atoms with Crippen LogP contribution in [-0.2, 0) is 9.47 Å². The maximum Gasteiger partial charge on any atom is 0.514 e. The van der Waals surface area contributed by atoms with E-state index in [1.165, 1.54) is 6.07 Å². The summed E-state index contributed by atoms with van der Waals surface area (Å²) < 4.78 is 16.0. The van der Waals surface area contributed by atoms with Gasteiger partial charge >= 0.3 is 6.16 Å². The summed E-state index contributed by atoms with van der Waals surface area (Å²) >= 11 is 0. The number of rotatable bonds is 2. The molecule has 2 unspecified atom stereocenters. The summed E-state index contributed by atoms with van der Waals surface area (Å²) in [6.45, 7) is 5.23. The first-order valence-electron chi connectivity index (χ1n) is 8.51. The third kappa shape index (κ3) is 4.15. The van der Waals surface area contributed by atoms with Crippen LogP contribution in [0.25, 0.3) is 0 Å². The van der Waals surface area contributed by atoms with E-state index in [-0.39, 0.29) is 11.2 Å². The highest BCUT2D eigenvalue weighted by Gasteiger charge is 2.35. The molecule has 2 heterocycles. The van der Waals surface area contributed by atoms with Crippen LogP contribution in [0.1, 0.15) is 57.9 Å². The Bertz CT molecular complexity index is 664. The van der Waals surface area contributed by atoms with Gasteiger partial charge in [0.05, 0.1) is 12.2 Å². The van der Waals surface area contributed by atoms with Crippen molar-refractivity contribution in [2.75, 3.05) is 0 Å². The Hall–Kier alpha value is -1.88. The highest BCUT2D eigenvalue weighted by atomic mass is 16.7. The Morgan fingerprint density at radius 2 is 1.71 bits per heavy atom. The third-order valence-electron chi connectivity index (χ3n) is 4.44. The van der Waals surface area contributed by atoms with E-state index < -0.39 is 11.8 Å². The minimum atomic E-state index is -0.864. The zero-order valence-electron chi connectivity index (χ0n) is 14.4. The molecular formula is C19H24O5. The highest BCUT2D eigenvalue weighted by molar-refractivity contribution is 5.64. The molecule has 2 aliphatic heterocycles. The Balaban J connectivity index is 1.75. The lowest BCUT2D eigenvalue weighted by Gasteiger charge is -2.28. The molecule has 0 radical (unpaired) electrons. The number of carbonyl (C=O) groups excluding carboxylic acids is 1. The summed E-state index contributed by atoms with van der Waals surface area (Å²) in [5.41, 5.74) is 0.0948. The minimum Gasteiger partial charge on any atom is -0.428 e. The van der Waals surface area contributed by atoms with Crippen LogP contribution in [0.3, 0.4) is 0 Å². The summed E-state index contributed by atoms with van der Waals surface area (Å²) in [4.78, 5) is 23.9. The summed E-state index contributed by atoms with van der Waals surface area (Å²) in [5.74, 6) is 0.378.